The molecule has 6 heteroatoms. The van der Waals surface area contributed by atoms with Crippen LogP contribution in [0, 0.1) is 0 Å². The summed E-state index contributed by atoms with van der Waals surface area (Å²) in [6.07, 6.45) is 3.59. The van der Waals surface area contributed by atoms with Gasteiger partial charge in [0.1, 0.15) is 0 Å². The molecule has 0 saturated carbocycles. The van der Waals surface area contributed by atoms with Crippen LogP contribution >= 0.6 is 27.3 Å². The first-order valence-corrected chi connectivity index (χ1v) is 9.97. The zero-order chi connectivity index (χ0) is 17.1. The van der Waals surface area contributed by atoms with Gasteiger partial charge in [-0.05, 0) is 38.8 Å². The van der Waals surface area contributed by atoms with E-state index in [-0.39, 0.29) is 5.91 Å². The van der Waals surface area contributed by atoms with Gasteiger partial charge in [0.2, 0.25) is 5.91 Å². The van der Waals surface area contributed by atoms with E-state index >= 15 is 0 Å². The second-order valence-electron chi connectivity index (χ2n) is 6.39. The molecule has 1 aromatic carbocycles. The fraction of sp³-hybridized carbons (Fsp3) is 0.444. The average molecular weight is 408 g/mol. The first-order chi connectivity index (χ1) is 11.5. The molecular weight excluding hydrogens is 386 g/mol. The van der Waals surface area contributed by atoms with Gasteiger partial charge in [0.05, 0.1) is 12.2 Å². The summed E-state index contributed by atoms with van der Waals surface area (Å²) in [5, 5.41) is 5.59. The molecule has 128 valence electrons. The molecule has 1 saturated heterocycles. The van der Waals surface area contributed by atoms with Gasteiger partial charge in [0, 0.05) is 27.5 Å². The summed E-state index contributed by atoms with van der Waals surface area (Å²) in [5.41, 5.74) is 1.94. The number of rotatable bonds is 4. The van der Waals surface area contributed by atoms with Crippen LogP contribution in [0.1, 0.15) is 33.1 Å². The van der Waals surface area contributed by atoms with E-state index < -0.39 is 0 Å². The fourth-order valence-corrected chi connectivity index (χ4v) is 4.20. The van der Waals surface area contributed by atoms with Crippen molar-refractivity contribution < 1.29 is 4.79 Å². The number of carbonyl (C=O) groups excluding carboxylic acids is 1. The molecule has 2 atom stereocenters. The number of nitrogens with zero attached hydrogens (tertiary/aromatic N) is 2. The van der Waals surface area contributed by atoms with Crippen LogP contribution < -0.4 is 5.32 Å². The summed E-state index contributed by atoms with van der Waals surface area (Å²) in [7, 11) is 0. The highest BCUT2D eigenvalue weighted by molar-refractivity contribution is 9.10. The molecule has 1 fully saturated rings. The Labute approximate surface area is 155 Å². The van der Waals surface area contributed by atoms with Crippen molar-refractivity contribution in [2.75, 3.05) is 11.9 Å². The summed E-state index contributed by atoms with van der Waals surface area (Å²) in [5.74, 6) is 0.0207. The van der Waals surface area contributed by atoms with Gasteiger partial charge < -0.3 is 5.32 Å². The Morgan fingerprint density at radius 1 is 1.29 bits per heavy atom. The van der Waals surface area contributed by atoms with E-state index in [0.717, 1.165) is 15.7 Å². The fourth-order valence-electron chi connectivity index (χ4n) is 3.20. The minimum absolute atomic E-state index is 0.0207. The van der Waals surface area contributed by atoms with E-state index in [0.29, 0.717) is 23.8 Å². The predicted octanol–water partition coefficient (Wildman–Crippen LogP) is 4.77. The quantitative estimate of drug-likeness (QED) is 0.793. The lowest BCUT2D eigenvalue weighted by molar-refractivity contribution is -0.118. The number of anilines is 1. The van der Waals surface area contributed by atoms with Gasteiger partial charge in [-0.25, -0.2) is 4.98 Å². The third-order valence-electron chi connectivity index (χ3n) is 4.59. The highest BCUT2D eigenvalue weighted by atomic mass is 79.9. The number of thiazole rings is 1. The van der Waals surface area contributed by atoms with Gasteiger partial charge in [-0.1, -0.05) is 34.5 Å². The number of halogens is 1. The van der Waals surface area contributed by atoms with Crippen LogP contribution in [0.4, 0.5) is 5.13 Å². The monoisotopic (exact) mass is 407 g/mol. The molecule has 0 aliphatic carbocycles. The van der Waals surface area contributed by atoms with Gasteiger partial charge in [0.25, 0.3) is 0 Å². The van der Waals surface area contributed by atoms with E-state index in [1.165, 1.54) is 30.6 Å². The van der Waals surface area contributed by atoms with Crippen LogP contribution in [-0.2, 0) is 4.79 Å². The summed E-state index contributed by atoms with van der Waals surface area (Å²) in [6.45, 7) is 4.85. The molecule has 1 amide bonds. The zero-order valence-corrected chi connectivity index (χ0v) is 16.4. The third kappa shape index (κ3) is 4.23. The first kappa shape index (κ1) is 17.6. The number of hydrogen-bond acceptors (Lipinski definition) is 4. The molecule has 0 bridgehead atoms. The molecule has 0 spiro atoms. The summed E-state index contributed by atoms with van der Waals surface area (Å²) < 4.78 is 1.04. The Hall–Kier alpha value is -1.24. The normalized spacial score (nSPS) is 21.6. The van der Waals surface area contributed by atoms with Crippen LogP contribution in [0.15, 0.2) is 34.1 Å². The average Bonchev–Trinajstić information content (AvgIpc) is 3.00. The van der Waals surface area contributed by atoms with Crippen molar-refractivity contribution in [1.29, 1.82) is 0 Å². The molecule has 0 radical (unpaired) electrons. The molecule has 1 aliphatic rings. The van der Waals surface area contributed by atoms with E-state index in [2.05, 4.69) is 45.0 Å². The molecule has 2 heterocycles. The standard InChI is InChI=1S/C18H22BrN3OS/c1-12-4-3-5-13(2)22(12)10-17(23)21-18-20-16(11-24-18)14-6-8-15(19)9-7-14/h6-9,11-13H,3-5,10H2,1-2H3,(H,20,21,23). The molecule has 3 rings (SSSR count). The van der Waals surface area contributed by atoms with Crippen molar-refractivity contribution in [3.8, 4) is 11.3 Å². The number of nitrogens with one attached hydrogen (secondary N) is 1. The van der Waals surface area contributed by atoms with Crippen LogP contribution in [0.25, 0.3) is 11.3 Å². The summed E-state index contributed by atoms with van der Waals surface area (Å²) in [4.78, 5) is 19.2. The Kier molecular flexibility index (Phi) is 5.69. The number of likely N-dealkylation sites (tertiary alicyclic amines) is 1. The smallest absolute Gasteiger partial charge is 0.240 e. The predicted molar refractivity (Wildman–Crippen MR) is 103 cm³/mol. The largest absolute Gasteiger partial charge is 0.301 e. The zero-order valence-electron chi connectivity index (χ0n) is 14.0. The molecule has 24 heavy (non-hydrogen) atoms. The third-order valence-corrected chi connectivity index (χ3v) is 5.88. The Morgan fingerprint density at radius 3 is 2.62 bits per heavy atom. The van der Waals surface area contributed by atoms with E-state index in [4.69, 9.17) is 0 Å². The number of amides is 1. The van der Waals surface area contributed by atoms with Gasteiger partial charge in [-0.3, -0.25) is 9.69 Å². The van der Waals surface area contributed by atoms with Crippen molar-refractivity contribution in [2.24, 2.45) is 0 Å². The molecular formula is C18H22BrN3OS. The molecule has 1 aromatic heterocycles. The summed E-state index contributed by atoms with van der Waals surface area (Å²) >= 11 is 4.90. The molecule has 2 aromatic rings. The molecule has 1 N–H and O–H groups in total. The Morgan fingerprint density at radius 2 is 1.96 bits per heavy atom. The van der Waals surface area contributed by atoms with Crippen LogP contribution in [-0.4, -0.2) is 34.4 Å². The van der Waals surface area contributed by atoms with E-state index in [1.54, 1.807) is 0 Å². The van der Waals surface area contributed by atoms with Crippen molar-refractivity contribution in [3.05, 3.63) is 34.1 Å². The topological polar surface area (TPSA) is 45.2 Å². The lowest BCUT2D eigenvalue weighted by atomic mass is 9.97. The van der Waals surface area contributed by atoms with Crippen LogP contribution in [0.2, 0.25) is 0 Å². The Balaban J connectivity index is 1.62. The van der Waals surface area contributed by atoms with Crippen LogP contribution in [0.5, 0.6) is 0 Å². The SMILES string of the molecule is CC1CCCC(C)N1CC(=O)Nc1nc(-c2ccc(Br)cc2)cs1. The number of benzene rings is 1. The summed E-state index contributed by atoms with van der Waals surface area (Å²) in [6, 6.07) is 8.95. The first-order valence-electron chi connectivity index (χ1n) is 8.30. The minimum atomic E-state index is 0.0207. The van der Waals surface area contributed by atoms with Gasteiger partial charge >= 0.3 is 0 Å². The highest BCUT2D eigenvalue weighted by Gasteiger charge is 2.26. The van der Waals surface area contributed by atoms with Crippen molar-refractivity contribution in [2.45, 2.75) is 45.2 Å². The van der Waals surface area contributed by atoms with Gasteiger partial charge in [-0.2, -0.15) is 0 Å². The maximum atomic E-state index is 12.4. The number of carbonyl (C=O) groups is 1. The maximum absolute atomic E-state index is 12.4. The lowest BCUT2D eigenvalue weighted by Gasteiger charge is -2.38. The second kappa shape index (κ2) is 7.76. The molecule has 4 nitrogen and oxygen atoms in total. The second-order valence-corrected chi connectivity index (χ2v) is 8.17. The lowest BCUT2D eigenvalue weighted by Crippen LogP contribution is -2.47. The van der Waals surface area contributed by atoms with E-state index in [1.807, 2.05) is 29.6 Å². The van der Waals surface area contributed by atoms with Gasteiger partial charge in [-0.15, -0.1) is 11.3 Å². The molecule has 1 aliphatic heterocycles. The van der Waals surface area contributed by atoms with Crippen molar-refractivity contribution in [3.63, 3.8) is 0 Å². The number of hydrogen-bond donors (Lipinski definition) is 1. The highest BCUT2D eigenvalue weighted by Crippen LogP contribution is 2.26. The number of piperidine rings is 1. The van der Waals surface area contributed by atoms with Crippen molar-refractivity contribution >= 4 is 38.3 Å². The van der Waals surface area contributed by atoms with Gasteiger partial charge in [0.15, 0.2) is 5.13 Å². The van der Waals surface area contributed by atoms with E-state index in [9.17, 15) is 4.79 Å². The van der Waals surface area contributed by atoms with Crippen LogP contribution in [0.3, 0.4) is 0 Å². The maximum Gasteiger partial charge on any atom is 0.240 e. The Bertz CT molecular complexity index is 691. The molecule has 2 unspecified atom stereocenters. The minimum Gasteiger partial charge on any atom is -0.301 e. The number of aromatic nitrogens is 1. The van der Waals surface area contributed by atoms with Crippen molar-refractivity contribution in [1.82, 2.24) is 9.88 Å².